The third-order valence-corrected chi connectivity index (χ3v) is 4.31. The van der Waals surface area contributed by atoms with Crippen LogP contribution < -0.4 is 15.5 Å². The van der Waals surface area contributed by atoms with Crippen molar-refractivity contribution >= 4 is 23.5 Å². The number of halogens is 1. The highest BCUT2D eigenvalue weighted by Crippen LogP contribution is 2.19. The first-order valence-electron chi connectivity index (χ1n) is 9.15. The summed E-state index contributed by atoms with van der Waals surface area (Å²) in [5.41, 5.74) is 1.83. The molecule has 2 aromatic carbocycles. The summed E-state index contributed by atoms with van der Waals surface area (Å²) in [6, 6.07) is 16.1. The van der Waals surface area contributed by atoms with Gasteiger partial charge >= 0.3 is 0 Å². The van der Waals surface area contributed by atoms with Crippen LogP contribution in [-0.4, -0.2) is 41.3 Å². The van der Waals surface area contributed by atoms with Crippen LogP contribution in [0.2, 0.25) is 0 Å². The molecule has 0 amide bonds. The summed E-state index contributed by atoms with van der Waals surface area (Å²) >= 11 is 0. The van der Waals surface area contributed by atoms with Crippen LogP contribution >= 0.6 is 0 Å². The molecule has 3 aromatic rings. The zero-order valence-corrected chi connectivity index (χ0v) is 15.3. The van der Waals surface area contributed by atoms with Crippen LogP contribution in [0.1, 0.15) is 5.56 Å². The quantitative estimate of drug-likeness (QED) is 0.680. The Balaban J connectivity index is 1.57. The zero-order chi connectivity index (χ0) is 19.2. The maximum Gasteiger partial charge on any atom is 0.233 e. The van der Waals surface area contributed by atoms with Gasteiger partial charge in [-0.3, -0.25) is 0 Å². The second kappa shape index (κ2) is 8.62. The van der Waals surface area contributed by atoms with E-state index in [0.29, 0.717) is 43.3 Å². The average molecular weight is 380 g/mol. The lowest BCUT2D eigenvalue weighted by Crippen LogP contribution is -2.37. The van der Waals surface area contributed by atoms with E-state index in [2.05, 4.69) is 30.5 Å². The molecule has 1 fully saturated rings. The molecule has 0 atom stereocenters. The van der Waals surface area contributed by atoms with Gasteiger partial charge in [0.25, 0.3) is 0 Å². The number of morpholine rings is 1. The van der Waals surface area contributed by atoms with Gasteiger partial charge in [0, 0.05) is 25.3 Å². The van der Waals surface area contributed by atoms with Crippen LogP contribution in [0.3, 0.4) is 0 Å². The standard InChI is InChI=1S/C20H21FN6O/c21-16-6-8-17(9-7-16)23-19-24-18(22-14-15-4-2-1-3-5-15)25-20(26-19)27-10-12-28-13-11-27/h1-9H,10-14H2,(H2,22,23,24,25,26). The van der Waals surface area contributed by atoms with E-state index in [4.69, 9.17) is 4.74 Å². The fourth-order valence-corrected chi connectivity index (χ4v) is 2.84. The number of aromatic nitrogens is 3. The van der Waals surface area contributed by atoms with Gasteiger partial charge in [-0.2, -0.15) is 15.0 Å². The van der Waals surface area contributed by atoms with E-state index in [9.17, 15) is 4.39 Å². The van der Waals surface area contributed by atoms with Gasteiger partial charge in [-0.25, -0.2) is 4.39 Å². The Morgan fingerprint density at radius 3 is 2.36 bits per heavy atom. The lowest BCUT2D eigenvalue weighted by molar-refractivity contribution is 0.122. The predicted molar refractivity (Wildman–Crippen MR) is 106 cm³/mol. The van der Waals surface area contributed by atoms with Gasteiger partial charge in [-0.1, -0.05) is 30.3 Å². The maximum atomic E-state index is 13.2. The minimum atomic E-state index is -0.291. The highest BCUT2D eigenvalue weighted by Gasteiger charge is 2.16. The third-order valence-electron chi connectivity index (χ3n) is 4.31. The summed E-state index contributed by atoms with van der Waals surface area (Å²) in [5.74, 6) is 1.17. The molecule has 144 valence electrons. The summed E-state index contributed by atoms with van der Waals surface area (Å²) in [6.07, 6.45) is 0. The van der Waals surface area contributed by atoms with Crippen molar-refractivity contribution < 1.29 is 9.13 Å². The highest BCUT2D eigenvalue weighted by atomic mass is 19.1. The number of nitrogens with zero attached hydrogens (tertiary/aromatic N) is 4. The fourth-order valence-electron chi connectivity index (χ4n) is 2.84. The topological polar surface area (TPSA) is 75.2 Å². The molecule has 2 heterocycles. The molecule has 0 aliphatic carbocycles. The number of hydrogen-bond donors (Lipinski definition) is 2. The second-order valence-electron chi connectivity index (χ2n) is 6.35. The van der Waals surface area contributed by atoms with Gasteiger partial charge in [-0.15, -0.1) is 0 Å². The number of nitrogens with one attached hydrogen (secondary N) is 2. The van der Waals surface area contributed by atoms with Gasteiger partial charge in [0.1, 0.15) is 5.82 Å². The van der Waals surface area contributed by atoms with Crippen molar-refractivity contribution in [1.29, 1.82) is 0 Å². The molecule has 7 nitrogen and oxygen atoms in total. The van der Waals surface area contributed by atoms with E-state index in [1.54, 1.807) is 12.1 Å². The Morgan fingerprint density at radius 1 is 0.893 bits per heavy atom. The molecule has 8 heteroatoms. The van der Waals surface area contributed by atoms with Crippen LogP contribution in [0.4, 0.5) is 27.9 Å². The third kappa shape index (κ3) is 4.72. The number of ether oxygens (including phenoxy) is 1. The normalized spacial score (nSPS) is 14.0. The SMILES string of the molecule is Fc1ccc(Nc2nc(NCc3ccccc3)nc(N3CCOCC3)n2)cc1. The summed E-state index contributed by atoms with van der Waals surface area (Å²) in [5, 5.41) is 6.38. The van der Waals surface area contributed by atoms with Gasteiger partial charge in [-0.05, 0) is 29.8 Å². The van der Waals surface area contributed by atoms with Crippen molar-refractivity contribution in [3.63, 3.8) is 0 Å². The predicted octanol–water partition coefficient (Wildman–Crippen LogP) is 3.20. The van der Waals surface area contributed by atoms with Gasteiger partial charge in [0.15, 0.2) is 0 Å². The lowest BCUT2D eigenvalue weighted by Gasteiger charge is -2.27. The lowest BCUT2D eigenvalue weighted by atomic mass is 10.2. The van der Waals surface area contributed by atoms with Gasteiger partial charge < -0.3 is 20.3 Å². The van der Waals surface area contributed by atoms with E-state index < -0.39 is 0 Å². The Bertz CT molecular complexity index is 900. The number of hydrogen-bond acceptors (Lipinski definition) is 7. The molecular weight excluding hydrogens is 359 g/mol. The summed E-state index contributed by atoms with van der Waals surface area (Å²) in [6.45, 7) is 3.32. The first-order valence-corrected chi connectivity index (χ1v) is 9.15. The molecule has 0 spiro atoms. The van der Waals surface area contributed by atoms with Crippen LogP contribution in [0.5, 0.6) is 0 Å². The van der Waals surface area contributed by atoms with E-state index in [1.807, 2.05) is 30.3 Å². The largest absolute Gasteiger partial charge is 0.378 e. The minimum Gasteiger partial charge on any atom is -0.378 e. The molecule has 4 rings (SSSR count). The van der Waals surface area contributed by atoms with Crippen LogP contribution in [0, 0.1) is 5.82 Å². The first-order chi connectivity index (χ1) is 13.8. The van der Waals surface area contributed by atoms with Crippen molar-refractivity contribution in [3.05, 3.63) is 66.0 Å². The van der Waals surface area contributed by atoms with Crippen molar-refractivity contribution in [1.82, 2.24) is 15.0 Å². The smallest absolute Gasteiger partial charge is 0.233 e. The van der Waals surface area contributed by atoms with E-state index in [-0.39, 0.29) is 5.82 Å². The zero-order valence-electron chi connectivity index (χ0n) is 15.3. The maximum absolute atomic E-state index is 13.2. The fraction of sp³-hybridized carbons (Fsp3) is 0.250. The molecule has 2 N–H and O–H groups in total. The van der Waals surface area contributed by atoms with E-state index in [1.165, 1.54) is 12.1 Å². The molecule has 1 aromatic heterocycles. The van der Waals surface area contributed by atoms with Crippen LogP contribution in [0.15, 0.2) is 54.6 Å². The minimum absolute atomic E-state index is 0.291. The Kier molecular flexibility index (Phi) is 5.58. The molecule has 1 aliphatic heterocycles. The average Bonchev–Trinajstić information content (AvgIpc) is 2.75. The summed E-state index contributed by atoms with van der Waals surface area (Å²) < 4.78 is 18.6. The number of anilines is 4. The van der Waals surface area contributed by atoms with Crippen molar-refractivity contribution in [2.24, 2.45) is 0 Å². The molecule has 0 bridgehead atoms. The molecular formula is C20H21FN6O. The van der Waals surface area contributed by atoms with Crippen molar-refractivity contribution in [3.8, 4) is 0 Å². The Hall–Kier alpha value is -3.26. The van der Waals surface area contributed by atoms with Crippen LogP contribution in [-0.2, 0) is 11.3 Å². The van der Waals surface area contributed by atoms with Crippen LogP contribution in [0.25, 0.3) is 0 Å². The first kappa shape index (κ1) is 18.1. The summed E-state index contributed by atoms with van der Waals surface area (Å²) in [4.78, 5) is 15.6. The van der Waals surface area contributed by atoms with E-state index in [0.717, 1.165) is 18.7 Å². The number of rotatable bonds is 6. The Labute approximate surface area is 162 Å². The molecule has 28 heavy (non-hydrogen) atoms. The van der Waals surface area contributed by atoms with Crippen molar-refractivity contribution in [2.45, 2.75) is 6.54 Å². The molecule has 0 unspecified atom stereocenters. The molecule has 1 aliphatic rings. The number of benzene rings is 2. The van der Waals surface area contributed by atoms with Gasteiger partial charge in [0.05, 0.1) is 13.2 Å². The summed E-state index contributed by atoms with van der Waals surface area (Å²) in [7, 11) is 0. The molecule has 1 saturated heterocycles. The van der Waals surface area contributed by atoms with Crippen molar-refractivity contribution in [2.75, 3.05) is 41.8 Å². The van der Waals surface area contributed by atoms with Gasteiger partial charge in [0.2, 0.25) is 17.8 Å². The second-order valence-corrected chi connectivity index (χ2v) is 6.35. The monoisotopic (exact) mass is 380 g/mol. The Morgan fingerprint density at radius 2 is 1.61 bits per heavy atom. The molecule has 0 saturated carbocycles. The molecule has 0 radical (unpaired) electrons. The van der Waals surface area contributed by atoms with E-state index >= 15 is 0 Å². The highest BCUT2D eigenvalue weighted by molar-refractivity contribution is 5.55.